The summed E-state index contributed by atoms with van der Waals surface area (Å²) in [6, 6.07) is 20.5. The number of carbonyl (C=O) groups is 1. The molecular weight excluding hydrogens is 312 g/mol. The van der Waals surface area contributed by atoms with Crippen LogP contribution in [-0.2, 0) is 0 Å². The van der Waals surface area contributed by atoms with Crippen LogP contribution in [-0.4, -0.2) is 5.78 Å². The van der Waals surface area contributed by atoms with Crippen LogP contribution in [0.2, 0.25) is 0 Å². The average molecular weight is 326 g/mol. The fraction of sp³-hybridized carbons (Fsp3) is 0. The molecule has 0 bridgehead atoms. The van der Waals surface area contributed by atoms with Crippen LogP contribution in [0.3, 0.4) is 0 Å². The quantitative estimate of drug-likeness (QED) is 0.400. The molecule has 0 unspecified atom stereocenters. The van der Waals surface area contributed by atoms with Crippen molar-refractivity contribution in [2.75, 3.05) is 0 Å². The van der Waals surface area contributed by atoms with E-state index in [1.165, 1.54) is 18.4 Å². The van der Waals surface area contributed by atoms with E-state index in [0.29, 0.717) is 22.1 Å². The first-order valence-corrected chi connectivity index (χ1v) is 7.94. The van der Waals surface area contributed by atoms with Gasteiger partial charge in [-0.25, -0.2) is 0 Å². The van der Waals surface area contributed by atoms with Gasteiger partial charge < -0.3 is 4.42 Å². The summed E-state index contributed by atoms with van der Waals surface area (Å²) in [4.78, 5) is 24.8. The van der Waals surface area contributed by atoms with Crippen molar-refractivity contribution in [3.63, 3.8) is 0 Å². The molecule has 4 aromatic rings. The van der Waals surface area contributed by atoms with Crippen molar-refractivity contribution in [3.05, 3.63) is 100 Å². The Hall–Kier alpha value is -3.46. The van der Waals surface area contributed by atoms with Gasteiger partial charge in [0.2, 0.25) is 0 Å². The zero-order valence-corrected chi connectivity index (χ0v) is 13.3. The summed E-state index contributed by atoms with van der Waals surface area (Å²) < 4.78 is 5.46. The molecule has 1 heterocycles. The molecule has 0 N–H and O–H groups in total. The van der Waals surface area contributed by atoms with Gasteiger partial charge in [0.25, 0.3) is 0 Å². The molecule has 0 aliphatic heterocycles. The number of hydrogen-bond acceptors (Lipinski definition) is 3. The second kappa shape index (κ2) is 6.21. The number of para-hydroxylation sites is 1. The number of benzene rings is 3. The minimum Gasteiger partial charge on any atom is -0.463 e. The molecule has 3 aromatic carbocycles. The number of allylic oxidation sites excluding steroid dienone is 1. The summed E-state index contributed by atoms with van der Waals surface area (Å²) in [5.74, 6) is -0.154. The van der Waals surface area contributed by atoms with Crippen LogP contribution >= 0.6 is 0 Å². The molecule has 0 atom stereocenters. The summed E-state index contributed by atoms with van der Waals surface area (Å²) in [5, 5.41) is 2.59. The maximum atomic E-state index is 12.4. The van der Waals surface area contributed by atoms with Gasteiger partial charge in [0.15, 0.2) is 11.2 Å². The predicted molar refractivity (Wildman–Crippen MR) is 99.8 cm³/mol. The van der Waals surface area contributed by atoms with Gasteiger partial charge in [0.1, 0.15) is 11.8 Å². The van der Waals surface area contributed by atoms with E-state index in [0.717, 1.165) is 10.8 Å². The Morgan fingerprint density at radius 1 is 0.880 bits per heavy atom. The van der Waals surface area contributed by atoms with Crippen molar-refractivity contribution in [3.8, 4) is 0 Å². The standard InChI is InChI=1S/C22H14O3/c23-20(17-10-9-15-5-1-2-6-16(15)13-17)12-11-18-14-25-21-8-4-3-7-19(21)22(18)24/h1-14H. The molecule has 3 nitrogen and oxygen atoms in total. The van der Waals surface area contributed by atoms with E-state index in [1.54, 1.807) is 24.3 Å². The van der Waals surface area contributed by atoms with Gasteiger partial charge >= 0.3 is 0 Å². The first-order valence-electron chi connectivity index (χ1n) is 7.94. The number of carbonyl (C=O) groups excluding carboxylic acids is 1. The highest BCUT2D eigenvalue weighted by Gasteiger charge is 2.06. The van der Waals surface area contributed by atoms with E-state index in [2.05, 4.69) is 0 Å². The third kappa shape index (κ3) is 2.88. The van der Waals surface area contributed by atoms with Crippen LogP contribution in [0.25, 0.3) is 27.8 Å². The predicted octanol–water partition coefficient (Wildman–Crippen LogP) is 4.84. The van der Waals surface area contributed by atoms with Gasteiger partial charge in [-0.15, -0.1) is 0 Å². The molecular formula is C22H14O3. The Labute approximate surface area is 143 Å². The van der Waals surface area contributed by atoms with E-state index in [4.69, 9.17) is 4.42 Å². The largest absolute Gasteiger partial charge is 0.463 e. The average Bonchev–Trinajstić information content (AvgIpc) is 2.67. The Balaban J connectivity index is 1.67. The Bertz CT molecular complexity index is 1180. The van der Waals surface area contributed by atoms with Crippen LogP contribution in [0.4, 0.5) is 0 Å². The zero-order chi connectivity index (χ0) is 17.2. The molecule has 0 amide bonds. The van der Waals surface area contributed by atoms with E-state index >= 15 is 0 Å². The summed E-state index contributed by atoms with van der Waals surface area (Å²) in [6.07, 6.45) is 4.30. The van der Waals surface area contributed by atoms with Gasteiger partial charge in [0.05, 0.1) is 10.9 Å². The third-order valence-corrected chi connectivity index (χ3v) is 4.15. The molecule has 120 valence electrons. The van der Waals surface area contributed by atoms with Crippen molar-refractivity contribution >= 4 is 33.6 Å². The second-order valence-electron chi connectivity index (χ2n) is 5.78. The molecule has 0 fully saturated rings. The van der Waals surface area contributed by atoms with Crippen LogP contribution in [0.1, 0.15) is 15.9 Å². The second-order valence-corrected chi connectivity index (χ2v) is 5.78. The first-order chi connectivity index (χ1) is 12.2. The highest BCUT2D eigenvalue weighted by molar-refractivity contribution is 6.08. The number of ketones is 1. The van der Waals surface area contributed by atoms with E-state index in [1.807, 2.05) is 42.5 Å². The molecule has 0 spiro atoms. The van der Waals surface area contributed by atoms with Gasteiger partial charge in [-0.3, -0.25) is 9.59 Å². The number of hydrogen-bond donors (Lipinski definition) is 0. The lowest BCUT2D eigenvalue weighted by Gasteiger charge is -2.01. The Morgan fingerprint density at radius 2 is 1.64 bits per heavy atom. The summed E-state index contributed by atoms with van der Waals surface area (Å²) in [5.41, 5.74) is 1.32. The van der Waals surface area contributed by atoms with Crippen molar-refractivity contribution in [2.24, 2.45) is 0 Å². The monoisotopic (exact) mass is 326 g/mol. The number of rotatable bonds is 3. The maximum absolute atomic E-state index is 12.4. The zero-order valence-electron chi connectivity index (χ0n) is 13.3. The van der Waals surface area contributed by atoms with Crippen LogP contribution in [0.15, 0.2) is 88.3 Å². The topological polar surface area (TPSA) is 47.3 Å². The normalized spacial score (nSPS) is 11.4. The lowest BCUT2D eigenvalue weighted by Crippen LogP contribution is -2.05. The lowest BCUT2D eigenvalue weighted by molar-refractivity contribution is 0.104. The first kappa shape index (κ1) is 15.1. The van der Waals surface area contributed by atoms with Crippen molar-refractivity contribution in [1.82, 2.24) is 0 Å². The molecule has 25 heavy (non-hydrogen) atoms. The van der Waals surface area contributed by atoms with Crippen LogP contribution in [0.5, 0.6) is 0 Å². The minimum absolute atomic E-state index is 0.149. The van der Waals surface area contributed by atoms with Gasteiger partial charge in [-0.05, 0) is 41.1 Å². The fourth-order valence-electron chi connectivity index (χ4n) is 2.81. The molecule has 3 heteroatoms. The molecule has 4 rings (SSSR count). The smallest absolute Gasteiger partial charge is 0.199 e. The molecule has 0 radical (unpaired) electrons. The van der Waals surface area contributed by atoms with Gasteiger partial charge in [-0.1, -0.05) is 48.5 Å². The SMILES string of the molecule is O=C(C=Cc1coc2ccccc2c1=O)c1ccc2ccccc2c1. The van der Waals surface area contributed by atoms with Gasteiger partial charge in [-0.2, -0.15) is 0 Å². The fourth-order valence-corrected chi connectivity index (χ4v) is 2.81. The van der Waals surface area contributed by atoms with Gasteiger partial charge in [0, 0.05) is 5.56 Å². The summed E-state index contributed by atoms with van der Waals surface area (Å²) in [6.45, 7) is 0. The van der Waals surface area contributed by atoms with Crippen LogP contribution in [0, 0.1) is 0 Å². The minimum atomic E-state index is -0.154. The Morgan fingerprint density at radius 3 is 2.52 bits per heavy atom. The lowest BCUT2D eigenvalue weighted by atomic mass is 10.0. The van der Waals surface area contributed by atoms with E-state index in [-0.39, 0.29) is 11.2 Å². The summed E-state index contributed by atoms with van der Waals surface area (Å²) in [7, 11) is 0. The number of fused-ring (bicyclic) bond motifs is 2. The molecule has 0 saturated heterocycles. The molecule has 1 aromatic heterocycles. The molecule has 0 aliphatic carbocycles. The summed E-state index contributed by atoms with van der Waals surface area (Å²) >= 11 is 0. The van der Waals surface area contributed by atoms with Crippen LogP contribution < -0.4 is 5.43 Å². The van der Waals surface area contributed by atoms with E-state index in [9.17, 15) is 9.59 Å². The highest BCUT2D eigenvalue weighted by atomic mass is 16.3. The Kier molecular flexibility index (Phi) is 3.75. The maximum Gasteiger partial charge on any atom is 0.199 e. The highest BCUT2D eigenvalue weighted by Crippen LogP contribution is 2.17. The third-order valence-electron chi connectivity index (χ3n) is 4.15. The molecule has 0 aliphatic rings. The van der Waals surface area contributed by atoms with E-state index < -0.39 is 0 Å². The molecule has 0 saturated carbocycles. The van der Waals surface area contributed by atoms with Crippen molar-refractivity contribution in [1.29, 1.82) is 0 Å². The van der Waals surface area contributed by atoms with Crippen molar-refractivity contribution < 1.29 is 9.21 Å². The van der Waals surface area contributed by atoms with Crippen molar-refractivity contribution in [2.45, 2.75) is 0 Å².